The third kappa shape index (κ3) is 12.6. The Hall–Kier alpha value is -4.24. The molecule has 214 valence electrons. The van der Waals surface area contributed by atoms with Gasteiger partial charge in [0.1, 0.15) is 6.61 Å². The molecule has 0 heterocycles. The molecule has 16 nitrogen and oxygen atoms in total. The lowest BCUT2D eigenvalue weighted by Crippen LogP contribution is -2.60. The van der Waals surface area contributed by atoms with Crippen molar-refractivity contribution in [2.45, 2.75) is 85.1 Å². The van der Waals surface area contributed by atoms with Crippen LogP contribution in [-0.2, 0) is 71.5 Å². The normalized spacial score (nSPS) is 15.1. The molecule has 38 heavy (non-hydrogen) atoms. The van der Waals surface area contributed by atoms with E-state index in [0.717, 1.165) is 48.5 Å². The summed E-state index contributed by atoms with van der Waals surface area (Å²) in [4.78, 5) is 94.7. The number of carboxylic acid groups (broad SMARTS) is 1. The van der Waals surface area contributed by atoms with E-state index < -0.39 is 91.0 Å². The van der Waals surface area contributed by atoms with Crippen LogP contribution >= 0.6 is 0 Å². The second-order valence-corrected chi connectivity index (χ2v) is 7.61. The Morgan fingerprint density at radius 3 is 1.16 bits per heavy atom. The van der Waals surface area contributed by atoms with E-state index >= 15 is 0 Å². The number of rotatable bonds is 14. The second-order valence-electron chi connectivity index (χ2n) is 7.61. The summed E-state index contributed by atoms with van der Waals surface area (Å²) in [6.45, 7) is 5.48. The lowest BCUT2D eigenvalue weighted by molar-refractivity contribution is -0.223. The average molecular weight is 550 g/mol. The zero-order chi connectivity index (χ0) is 29.7. The number of aliphatic carboxylic acids is 1. The Bertz CT molecular complexity index is 924. The first-order valence-corrected chi connectivity index (χ1v) is 10.9. The zero-order valence-electron chi connectivity index (χ0n) is 21.7. The number of ether oxygens (including phenoxy) is 7. The van der Waals surface area contributed by atoms with Gasteiger partial charge in [-0.05, 0) is 0 Å². The van der Waals surface area contributed by atoms with Gasteiger partial charge in [-0.25, -0.2) is 4.79 Å². The first-order chi connectivity index (χ1) is 17.5. The maximum absolute atomic E-state index is 12.1. The molecule has 0 aliphatic rings. The van der Waals surface area contributed by atoms with Crippen molar-refractivity contribution in [2.24, 2.45) is 0 Å². The van der Waals surface area contributed by atoms with Gasteiger partial charge in [-0.3, -0.25) is 33.6 Å². The fraction of sp³-hybridized carbons (Fsp3) is 0.636. The molecule has 0 aromatic carbocycles. The Morgan fingerprint density at radius 2 is 0.816 bits per heavy atom. The van der Waals surface area contributed by atoms with Gasteiger partial charge >= 0.3 is 47.8 Å². The van der Waals surface area contributed by atoms with E-state index in [2.05, 4.69) is 0 Å². The van der Waals surface area contributed by atoms with Crippen LogP contribution in [0.2, 0.25) is 0 Å². The number of carbonyl (C=O) groups excluding carboxylic acids is 7. The highest BCUT2D eigenvalue weighted by atomic mass is 16.7. The van der Waals surface area contributed by atoms with Gasteiger partial charge in [0.25, 0.3) is 0 Å². The van der Waals surface area contributed by atoms with E-state index in [1.165, 1.54) is 0 Å². The molecule has 16 heteroatoms. The van der Waals surface area contributed by atoms with Crippen LogP contribution in [0.25, 0.3) is 0 Å². The summed E-state index contributed by atoms with van der Waals surface area (Å²) in [5.74, 6) is -9.32. The van der Waals surface area contributed by atoms with Crippen LogP contribution in [0.15, 0.2) is 0 Å². The van der Waals surface area contributed by atoms with Crippen molar-refractivity contribution in [2.75, 3.05) is 6.61 Å². The fourth-order valence-corrected chi connectivity index (χ4v) is 3.11. The highest BCUT2D eigenvalue weighted by molar-refractivity contribution is 5.79. The maximum atomic E-state index is 12.1. The number of carboxylic acids is 1. The second kappa shape index (κ2) is 15.8. The van der Waals surface area contributed by atoms with E-state index in [1.807, 2.05) is 0 Å². The van der Waals surface area contributed by atoms with Gasteiger partial charge in [0.15, 0.2) is 30.5 Å². The summed E-state index contributed by atoms with van der Waals surface area (Å²) < 4.78 is 35.2. The Labute approximate surface area is 216 Å². The van der Waals surface area contributed by atoms with Gasteiger partial charge in [-0.15, -0.1) is 0 Å². The highest BCUT2D eigenvalue weighted by Gasteiger charge is 2.52. The lowest BCUT2D eigenvalue weighted by Gasteiger charge is -2.38. The zero-order valence-corrected chi connectivity index (χ0v) is 21.7. The van der Waals surface area contributed by atoms with Crippen LogP contribution in [0, 0.1) is 0 Å². The molecule has 1 N–H and O–H groups in total. The summed E-state index contributed by atoms with van der Waals surface area (Å²) in [5, 5.41) is 9.68. The molecule has 0 aliphatic carbocycles. The van der Waals surface area contributed by atoms with Gasteiger partial charge in [0.2, 0.25) is 6.10 Å². The molecule has 0 saturated heterocycles. The van der Waals surface area contributed by atoms with Crippen LogP contribution in [0.1, 0.15) is 48.5 Å². The Morgan fingerprint density at radius 1 is 0.474 bits per heavy atom. The molecular weight excluding hydrogens is 520 g/mol. The van der Waals surface area contributed by atoms with Crippen LogP contribution < -0.4 is 0 Å². The predicted octanol–water partition coefficient (Wildman–Crippen LogP) is -0.776. The molecule has 0 fully saturated rings. The quantitative estimate of drug-likeness (QED) is 0.207. The molecular formula is C22H30O16. The van der Waals surface area contributed by atoms with Crippen molar-refractivity contribution in [1.82, 2.24) is 0 Å². The fourth-order valence-electron chi connectivity index (χ4n) is 3.11. The van der Waals surface area contributed by atoms with Crippen molar-refractivity contribution in [1.29, 1.82) is 0 Å². The molecule has 0 aromatic heterocycles. The van der Waals surface area contributed by atoms with Crippen molar-refractivity contribution in [3.05, 3.63) is 0 Å². The summed E-state index contributed by atoms with van der Waals surface area (Å²) in [6.07, 6.45) is -12.4. The summed E-state index contributed by atoms with van der Waals surface area (Å²) in [5.41, 5.74) is 0. The van der Waals surface area contributed by atoms with Gasteiger partial charge in [0, 0.05) is 48.5 Å². The molecule has 0 aromatic rings. The Kier molecular flexibility index (Phi) is 14.0. The molecule has 6 atom stereocenters. The minimum Gasteiger partial charge on any atom is -0.478 e. The summed E-state index contributed by atoms with van der Waals surface area (Å²) in [6, 6.07) is 0. The number of esters is 7. The monoisotopic (exact) mass is 550 g/mol. The average Bonchev–Trinajstić information content (AvgIpc) is 2.73. The maximum Gasteiger partial charge on any atom is 0.349 e. The van der Waals surface area contributed by atoms with E-state index in [0.29, 0.717) is 0 Å². The van der Waals surface area contributed by atoms with E-state index in [9.17, 15) is 43.5 Å². The third-order valence-corrected chi connectivity index (χ3v) is 4.15. The van der Waals surface area contributed by atoms with Gasteiger partial charge in [0.05, 0.1) is 0 Å². The smallest absolute Gasteiger partial charge is 0.349 e. The van der Waals surface area contributed by atoms with Gasteiger partial charge in [-0.1, -0.05) is 0 Å². The lowest BCUT2D eigenvalue weighted by atomic mass is 9.95. The molecule has 0 amide bonds. The van der Waals surface area contributed by atoms with Crippen molar-refractivity contribution in [3.8, 4) is 0 Å². The van der Waals surface area contributed by atoms with Crippen LogP contribution in [0.3, 0.4) is 0 Å². The van der Waals surface area contributed by atoms with Crippen LogP contribution in [0.5, 0.6) is 0 Å². The van der Waals surface area contributed by atoms with Crippen molar-refractivity contribution >= 4 is 47.8 Å². The highest BCUT2D eigenvalue weighted by Crippen LogP contribution is 2.26. The Balaban J connectivity index is 7.22. The standard InChI is InChI=1S/C22H30O16/c1-9(23)32-8-16(33-10(2)24)17(34-11(3)25)18(35-12(4)26)19(36-13(5)27)20(37-14(6)28)21(22(30)31)38-15(7)29/h16-21H,8H2,1-7H3,(H,30,31)/t16-,17-,18+,19+,20-,21-/m1/s1. The molecule has 0 saturated carbocycles. The number of hydrogen-bond acceptors (Lipinski definition) is 15. The molecule has 0 aliphatic heterocycles. The number of carbonyl (C=O) groups is 8. The summed E-state index contributed by atoms with van der Waals surface area (Å²) >= 11 is 0. The molecule has 0 unspecified atom stereocenters. The molecule has 0 bridgehead atoms. The van der Waals surface area contributed by atoms with Crippen LogP contribution in [-0.4, -0.2) is 96.1 Å². The minimum atomic E-state index is -2.34. The van der Waals surface area contributed by atoms with Crippen LogP contribution in [0.4, 0.5) is 0 Å². The third-order valence-electron chi connectivity index (χ3n) is 4.15. The molecule has 0 spiro atoms. The topological polar surface area (TPSA) is 221 Å². The van der Waals surface area contributed by atoms with E-state index in [4.69, 9.17) is 33.2 Å². The SMILES string of the molecule is CC(=O)OC[C@@H](OC(C)=O)[C@@H](OC(C)=O)[C@H](OC(C)=O)[C@H](OC(C)=O)[C@@H](OC(C)=O)[C@@H](OC(C)=O)C(=O)O. The minimum absolute atomic E-state index is 0.776. The number of hydrogen-bond donors (Lipinski definition) is 1. The van der Waals surface area contributed by atoms with Gasteiger partial charge in [-0.2, -0.15) is 0 Å². The first-order valence-electron chi connectivity index (χ1n) is 10.9. The van der Waals surface area contributed by atoms with Crippen molar-refractivity contribution in [3.63, 3.8) is 0 Å². The molecule has 0 radical (unpaired) electrons. The molecule has 0 rings (SSSR count). The first kappa shape index (κ1) is 33.8. The van der Waals surface area contributed by atoms with E-state index in [-0.39, 0.29) is 0 Å². The van der Waals surface area contributed by atoms with Gasteiger partial charge < -0.3 is 38.3 Å². The summed E-state index contributed by atoms with van der Waals surface area (Å²) in [7, 11) is 0. The van der Waals surface area contributed by atoms with Crippen molar-refractivity contribution < 1.29 is 76.6 Å². The predicted molar refractivity (Wildman–Crippen MR) is 118 cm³/mol. The largest absolute Gasteiger partial charge is 0.478 e. The van der Waals surface area contributed by atoms with E-state index in [1.54, 1.807) is 0 Å².